The highest BCUT2D eigenvalue weighted by atomic mass is 32.1. The molecule has 2 aromatic heterocycles. The molecule has 4 aromatic rings. The molecule has 5 nitrogen and oxygen atoms in total. The third-order valence-corrected chi connectivity index (χ3v) is 6.18. The third-order valence-electron chi connectivity index (χ3n) is 4.55. The Morgan fingerprint density at radius 2 is 1.70 bits per heavy atom. The van der Waals surface area contributed by atoms with Crippen LogP contribution in [0, 0.1) is 6.92 Å². The van der Waals surface area contributed by atoms with Crippen LogP contribution in [0.25, 0.3) is 10.6 Å². The molecule has 0 atom stereocenters. The van der Waals surface area contributed by atoms with Crippen LogP contribution in [0.1, 0.15) is 21.6 Å². The van der Waals surface area contributed by atoms with Gasteiger partial charge in [-0.05, 0) is 48.2 Å². The molecule has 2 aromatic carbocycles. The third kappa shape index (κ3) is 4.64. The summed E-state index contributed by atoms with van der Waals surface area (Å²) < 4.78 is 0. The predicted octanol–water partition coefficient (Wildman–Crippen LogP) is 5.61. The normalized spacial score (nSPS) is 10.6. The zero-order valence-electron chi connectivity index (χ0n) is 16.2. The van der Waals surface area contributed by atoms with Crippen LogP contribution >= 0.6 is 22.7 Å². The first kappa shape index (κ1) is 20.0. The van der Waals surface area contributed by atoms with Gasteiger partial charge in [0.2, 0.25) is 5.91 Å². The second kappa shape index (κ2) is 9.02. The van der Waals surface area contributed by atoms with E-state index < -0.39 is 0 Å². The summed E-state index contributed by atoms with van der Waals surface area (Å²) in [4.78, 5) is 29.5. The number of hydrogen-bond acceptors (Lipinski definition) is 5. The number of aromatic nitrogens is 1. The Balaban J connectivity index is 1.42. The van der Waals surface area contributed by atoms with Crippen LogP contribution in [-0.4, -0.2) is 16.8 Å². The number of carbonyl (C=O) groups excluding carboxylic acids is 2. The fourth-order valence-corrected chi connectivity index (χ4v) is 4.49. The number of nitrogens with one attached hydrogen (secondary N) is 2. The second-order valence-corrected chi connectivity index (χ2v) is 8.32. The fourth-order valence-electron chi connectivity index (χ4n) is 2.96. The molecule has 0 fully saturated rings. The van der Waals surface area contributed by atoms with Crippen LogP contribution in [0.5, 0.6) is 0 Å². The maximum Gasteiger partial charge on any atom is 0.255 e. The van der Waals surface area contributed by atoms with Gasteiger partial charge in [0.1, 0.15) is 5.01 Å². The average Bonchev–Trinajstić information content (AvgIpc) is 3.43. The Kier molecular flexibility index (Phi) is 6.02. The van der Waals surface area contributed by atoms with Gasteiger partial charge in [0.15, 0.2) is 0 Å². The number of amides is 2. The van der Waals surface area contributed by atoms with Gasteiger partial charge in [-0.15, -0.1) is 11.3 Å². The van der Waals surface area contributed by atoms with Gasteiger partial charge in [0.05, 0.1) is 12.1 Å². The molecule has 2 heterocycles. The van der Waals surface area contributed by atoms with Crippen molar-refractivity contribution in [3.8, 4) is 10.6 Å². The zero-order chi connectivity index (χ0) is 20.9. The minimum Gasteiger partial charge on any atom is -0.325 e. The number of carbonyl (C=O) groups is 2. The van der Waals surface area contributed by atoms with E-state index in [-0.39, 0.29) is 18.2 Å². The van der Waals surface area contributed by atoms with Crippen molar-refractivity contribution < 1.29 is 9.59 Å². The highest BCUT2D eigenvalue weighted by Gasteiger charge is 2.13. The summed E-state index contributed by atoms with van der Waals surface area (Å²) in [7, 11) is 0. The number of nitrogens with zero attached hydrogens (tertiary/aromatic N) is 1. The molecule has 30 heavy (non-hydrogen) atoms. The second-order valence-electron chi connectivity index (χ2n) is 6.68. The maximum atomic E-state index is 12.6. The summed E-state index contributed by atoms with van der Waals surface area (Å²) in [6, 6.07) is 16.5. The van der Waals surface area contributed by atoms with E-state index in [4.69, 9.17) is 0 Å². The lowest BCUT2D eigenvalue weighted by molar-refractivity contribution is -0.115. The Morgan fingerprint density at radius 1 is 0.933 bits per heavy atom. The van der Waals surface area contributed by atoms with Gasteiger partial charge in [-0.3, -0.25) is 9.59 Å². The van der Waals surface area contributed by atoms with Crippen LogP contribution in [0.15, 0.2) is 70.7 Å². The first-order valence-electron chi connectivity index (χ1n) is 9.33. The smallest absolute Gasteiger partial charge is 0.255 e. The molecule has 0 aliphatic heterocycles. The molecule has 150 valence electrons. The number of benzene rings is 2. The molecule has 4 rings (SSSR count). The lowest BCUT2D eigenvalue weighted by Gasteiger charge is -2.13. The number of rotatable bonds is 6. The standard InChI is InChI=1S/C23H19N3O2S2/c1-15-19(8-5-9-20(15)26-22(28)16-6-3-2-4-7-16)25-21(27)12-18-14-30-23(24-18)17-10-11-29-13-17/h2-11,13-14H,12H2,1H3,(H,25,27)(H,26,28). The summed E-state index contributed by atoms with van der Waals surface area (Å²) in [6.45, 7) is 1.87. The van der Waals surface area contributed by atoms with Gasteiger partial charge in [0.25, 0.3) is 5.91 Å². The molecule has 2 amide bonds. The minimum absolute atomic E-state index is 0.146. The highest BCUT2D eigenvalue weighted by molar-refractivity contribution is 7.14. The van der Waals surface area contributed by atoms with Crippen molar-refractivity contribution in [3.05, 3.63) is 87.6 Å². The summed E-state index contributed by atoms with van der Waals surface area (Å²) in [5.41, 5.74) is 4.53. The molecule has 0 aliphatic carbocycles. The summed E-state index contributed by atoms with van der Waals surface area (Å²) in [5.74, 6) is -0.336. The summed E-state index contributed by atoms with van der Waals surface area (Å²) in [5, 5.41) is 12.7. The number of thiophene rings is 1. The van der Waals surface area contributed by atoms with Crippen LogP contribution in [0.2, 0.25) is 0 Å². The van der Waals surface area contributed by atoms with Crippen molar-refractivity contribution >= 4 is 45.9 Å². The van der Waals surface area contributed by atoms with E-state index >= 15 is 0 Å². The van der Waals surface area contributed by atoms with Crippen LogP contribution < -0.4 is 10.6 Å². The first-order valence-corrected chi connectivity index (χ1v) is 11.2. The van der Waals surface area contributed by atoms with Gasteiger partial charge in [-0.2, -0.15) is 11.3 Å². The van der Waals surface area contributed by atoms with E-state index in [2.05, 4.69) is 15.6 Å². The van der Waals surface area contributed by atoms with Crippen molar-refractivity contribution in [2.45, 2.75) is 13.3 Å². The maximum absolute atomic E-state index is 12.6. The van der Waals surface area contributed by atoms with E-state index in [1.54, 1.807) is 29.5 Å². The molecular weight excluding hydrogens is 414 g/mol. The molecule has 0 saturated carbocycles. The molecule has 7 heteroatoms. The average molecular weight is 434 g/mol. The van der Waals surface area contributed by atoms with Crippen LogP contribution in [-0.2, 0) is 11.2 Å². The number of anilines is 2. The molecular formula is C23H19N3O2S2. The van der Waals surface area contributed by atoms with E-state index in [1.807, 2.05) is 59.5 Å². The van der Waals surface area contributed by atoms with Crippen molar-refractivity contribution in [1.29, 1.82) is 0 Å². The van der Waals surface area contributed by atoms with Gasteiger partial charge in [-0.1, -0.05) is 24.3 Å². The Morgan fingerprint density at radius 3 is 2.43 bits per heavy atom. The molecule has 0 saturated heterocycles. The van der Waals surface area contributed by atoms with Gasteiger partial charge >= 0.3 is 0 Å². The Bertz CT molecular complexity index is 1170. The van der Waals surface area contributed by atoms with Crippen molar-refractivity contribution in [2.75, 3.05) is 10.6 Å². The lowest BCUT2D eigenvalue weighted by atomic mass is 10.1. The van der Waals surface area contributed by atoms with Crippen molar-refractivity contribution in [1.82, 2.24) is 4.98 Å². The van der Waals surface area contributed by atoms with Crippen LogP contribution in [0.4, 0.5) is 11.4 Å². The van der Waals surface area contributed by atoms with E-state index in [9.17, 15) is 9.59 Å². The largest absolute Gasteiger partial charge is 0.325 e. The molecule has 0 bridgehead atoms. The Hall–Kier alpha value is -3.29. The van der Waals surface area contributed by atoms with Gasteiger partial charge < -0.3 is 10.6 Å². The monoisotopic (exact) mass is 433 g/mol. The van der Waals surface area contributed by atoms with Gasteiger partial charge in [-0.25, -0.2) is 4.98 Å². The minimum atomic E-state index is -0.189. The lowest BCUT2D eigenvalue weighted by Crippen LogP contribution is -2.17. The highest BCUT2D eigenvalue weighted by Crippen LogP contribution is 2.27. The van der Waals surface area contributed by atoms with Gasteiger partial charge in [0, 0.05) is 33.3 Å². The molecule has 0 radical (unpaired) electrons. The topological polar surface area (TPSA) is 71.1 Å². The summed E-state index contributed by atoms with van der Waals surface area (Å²) in [6.07, 6.45) is 0.195. The SMILES string of the molecule is Cc1c(NC(=O)Cc2csc(-c3ccsc3)n2)cccc1NC(=O)c1ccccc1. The van der Waals surface area contributed by atoms with Crippen LogP contribution in [0.3, 0.4) is 0 Å². The zero-order valence-corrected chi connectivity index (χ0v) is 17.8. The molecule has 2 N–H and O–H groups in total. The summed E-state index contributed by atoms with van der Waals surface area (Å²) >= 11 is 3.16. The van der Waals surface area contributed by atoms with E-state index in [0.717, 1.165) is 21.8 Å². The fraction of sp³-hybridized carbons (Fsp3) is 0.0870. The number of thiazole rings is 1. The molecule has 0 aliphatic rings. The molecule has 0 spiro atoms. The van der Waals surface area contributed by atoms with Crippen molar-refractivity contribution in [3.63, 3.8) is 0 Å². The van der Waals surface area contributed by atoms with E-state index in [1.165, 1.54) is 11.3 Å². The quantitative estimate of drug-likeness (QED) is 0.415. The van der Waals surface area contributed by atoms with E-state index in [0.29, 0.717) is 16.9 Å². The molecule has 0 unspecified atom stereocenters. The van der Waals surface area contributed by atoms with Crippen molar-refractivity contribution in [2.24, 2.45) is 0 Å². The number of hydrogen-bond donors (Lipinski definition) is 2. The Labute approximate surface area is 182 Å². The first-order chi connectivity index (χ1) is 14.6. The predicted molar refractivity (Wildman–Crippen MR) is 123 cm³/mol.